The highest BCUT2D eigenvalue weighted by molar-refractivity contribution is 7.81. The molecule has 0 aliphatic rings. The summed E-state index contributed by atoms with van der Waals surface area (Å²) in [5.41, 5.74) is 3.85. The predicted molar refractivity (Wildman–Crippen MR) is 63.2 cm³/mol. The molecule has 0 bridgehead atoms. The van der Waals surface area contributed by atoms with Crippen LogP contribution in [-0.2, 0) is 17.0 Å². The van der Waals surface area contributed by atoms with E-state index in [1.165, 1.54) is 6.92 Å². The zero-order chi connectivity index (χ0) is 15.0. The average molecular weight is 300 g/mol. The minimum atomic E-state index is -5.41. The Labute approximate surface area is 108 Å². The van der Waals surface area contributed by atoms with Crippen LogP contribution < -0.4 is 15.4 Å². The van der Waals surface area contributed by atoms with Gasteiger partial charge in [-0.2, -0.15) is 8.42 Å². The van der Waals surface area contributed by atoms with E-state index in [0.29, 0.717) is 0 Å². The van der Waals surface area contributed by atoms with E-state index >= 15 is 0 Å². The molecule has 0 spiro atoms. The van der Waals surface area contributed by atoms with Crippen molar-refractivity contribution in [1.29, 1.82) is 0 Å². The standard InChI is InChI=1S/C9H11BF4NO3S/c1-5-7(4-15)3-8(10(11,12)13)6(2)9(5)18-19(14,16)17/h3H,4,15H2,1-2H3/q-1. The van der Waals surface area contributed by atoms with Crippen LogP contribution in [0.15, 0.2) is 6.07 Å². The maximum absolute atomic E-state index is 12.8. The van der Waals surface area contributed by atoms with Gasteiger partial charge in [-0.1, -0.05) is 9.95 Å². The molecule has 0 saturated heterocycles. The molecule has 10 heteroatoms. The van der Waals surface area contributed by atoms with Gasteiger partial charge in [0.15, 0.2) is 0 Å². The lowest BCUT2D eigenvalue weighted by Gasteiger charge is -2.23. The lowest BCUT2D eigenvalue weighted by molar-refractivity contribution is 0.436. The summed E-state index contributed by atoms with van der Waals surface area (Å²) in [6, 6.07) is 0.822. The minimum absolute atomic E-state index is 0.0402. The van der Waals surface area contributed by atoms with Crippen LogP contribution in [0.2, 0.25) is 0 Å². The highest BCUT2D eigenvalue weighted by atomic mass is 32.3. The van der Waals surface area contributed by atoms with Crippen LogP contribution in [0.4, 0.5) is 16.8 Å². The van der Waals surface area contributed by atoms with Crippen LogP contribution >= 0.6 is 0 Å². The van der Waals surface area contributed by atoms with Gasteiger partial charge in [-0.15, -0.1) is 5.46 Å². The third-order valence-corrected chi connectivity index (χ3v) is 3.05. The second kappa shape index (κ2) is 5.01. The Kier molecular flexibility index (Phi) is 4.16. The first-order valence-electron chi connectivity index (χ1n) is 5.14. The van der Waals surface area contributed by atoms with Gasteiger partial charge in [-0.3, -0.25) is 0 Å². The van der Waals surface area contributed by atoms with Crippen molar-refractivity contribution in [3.63, 3.8) is 0 Å². The Morgan fingerprint density at radius 3 is 2.16 bits per heavy atom. The number of nitrogens with two attached hydrogens (primary N) is 1. The van der Waals surface area contributed by atoms with Crippen molar-refractivity contribution < 1.29 is 29.4 Å². The van der Waals surface area contributed by atoms with E-state index in [2.05, 4.69) is 4.18 Å². The van der Waals surface area contributed by atoms with Crippen molar-refractivity contribution in [3.05, 3.63) is 22.8 Å². The molecule has 0 aromatic heterocycles. The lowest BCUT2D eigenvalue weighted by atomic mass is 9.75. The zero-order valence-corrected chi connectivity index (χ0v) is 10.9. The third-order valence-electron chi connectivity index (χ3n) is 2.68. The fourth-order valence-corrected chi connectivity index (χ4v) is 2.19. The largest absolute Gasteiger partial charge is 0.510 e. The second-order valence-electron chi connectivity index (χ2n) is 3.96. The SMILES string of the molecule is Cc1c(CN)cc([B-](F)(F)F)c(C)c1OS(=O)(=O)F. The van der Waals surface area contributed by atoms with Gasteiger partial charge >= 0.3 is 17.5 Å². The highest BCUT2D eigenvalue weighted by Gasteiger charge is 2.31. The molecule has 0 aliphatic heterocycles. The molecule has 2 N–H and O–H groups in total. The summed E-state index contributed by atoms with van der Waals surface area (Å²) in [4.78, 5) is 0. The number of hydrogen-bond acceptors (Lipinski definition) is 4. The van der Waals surface area contributed by atoms with E-state index in [1.54, 1.807) is 0 Å². The first kappa shape index (κ1) is 15.8. The Bertz CT molecular complexity index is 600. The molecule has 0 atom stereocenters. The van der Waals surface area contributed by atoms with E-state index in [-0.39, 0.29) is 17.7 Å². The molecular weight excluding hydrogens is 289 g/mol. The molecule has 0 aliphatic carbocycles. The number of benzene rings is 1. The molecule has 0 unspecified atom stereocenters. The molecule has 0 fully saturated rings. The highest BCUT2D eigenvalue weighted by Crippen LogP contribution is 2.29. The summed E-state index contributed by atoms with van der Waals surface area (Å²) >= 11 is 0. The number of rotatable bonds is 4. The Morgan fingerprint density at radius 1 is 1.26 bits per heavy atom. The van der Waals surface area contributed by atoms with Gasteiger partial charge in [0.2, 0.25) is 0 Å². The Balaban J connectivity index is 3.61. The molecule has 1 aromatic rings. The Morgan fingerprint density at radius 2 is 1.79 bits per heavy atom. The quantitative estimate of drug-likeness (QED) is 0.518. The van der Waals surface area contributed by atoms with Crippen LogP contribution in [0.25, 0.3) is 0 Å². The van der Waals surface area contributed by atoms with Crippen LogP contribution in [0.3, 0.4) is 0 Å². The summed E-state index contributed by atoms with van der Waals surface area (Å²) in [6.07, 6.45) is 0. The third kappa shape index (κ3) is 3.60. The smallest absolute Gasteiger partial charge is 0.445 e. The normalized spacial score (nSPS) is 12.6. The van der Waals surface area contributed by atoms with E-state index in [9.17, 15) is 25.3 Å². The molecule has 4 nitrogen and oxygen atoms in total. The summed E-state index contributed by atoms with van der Waals surface area (Å²) < 4.78 is 76.0. The monoisotopic (exact) mass is 300 g/mol. The van der Waals surface area contributed by atoms with E-state index in [1.807, 2.05) is 0 Å². The summed E-state index contributed by atoms with van der Waals surface area (Å²) in [6.45, 7) is -3.33. The van der Waals surface area contributed by atoms with Crippen molar-refractivity contribution in [3.8, 4) is 5.75 Å². The maximum Gasteiger partial charge on any atom is 0.510 e. The Hall–Kier alpha value is -1.29. The van der Waals surface area contributed by atoms with Gasteiger partial charge in [0, 0.05) is 6.54 Å². The topological polar surface area (TPSA) is 69.4 Å². The minimum Gasteiger partial charge on any atom is -0.445 e. The van der Waals surface area contributed by atoms with Crippen molar-refractivity contribution in [2.24, 2.45) is 5.73 Å². The molecular formula is C9H11BF4NO3S-. The van der Waals surface area contributed by atoms with Gasteiger partial charge in [-0.25, -0.2) is 0 Å². The van der Waals surface area contributed by atoms with Gasteiger partial charge in [-0.05, 0) is 30.5 Å². The summed E-state index contributed by atoms with van der Waals surface area (Å²) in [5, 5.41) is 0. The van der Waals surface area contributed by atoms with E-state index in [0.717, 1.165) is 13.0 Å². The van der Waals surface area contributed by atoms with Crippen molar-refractivity contribution in [2.45, 2.75) is 20.4 Å². The van der Waals surface area contributed by atoms with E-state index < -0.39 is 34.3 Å². The summed E-state index contributed by atoms with van der Waals surface area (Å²) in [7, 11) is -5.41. The molecule has 19 heavy (non-hydrogen) atoms. The van der Waals surface area contributed by atoms with Gasteiger partial charge in [0.1, 0.15) is 5.75 Å². The molecule has 0 saturated carbocycles. The fourth-order valence-electron chi connectivity index (χ4n) is 1.74. The molecule has 1 rings (SSSR count). The van der Waals surface area contributed by atoms with Crippen LogP contribution in [0, 0.1) is 13.8 Å². The zero-order valence-electron chi connectivity index (χ0n) is 10.1. The molecule has 0 heterocycles. The van der Waals surface area contributed by atoms with Crippen molar-refractivity contribution in [2.75, 3.05) is 0 Å². The molecule has 1 aromatic carbocycles. The van der Waals surface area contributed by atoms with E-state index in [4.69, 9.17) is 5.73 Å². The van der Waals surface area contributed by atoms with Crippen LogP contribution in [-0.4, -0.2) is 15.4 Å². The molecule has 108 valence electrons. The number of hydrogen-bond donors (Lipinski definition) is 1. The average Bonchev–Trinajstić information content (AvgIpc) is 2.21. The van der Waals surface area contributed by atoms with Crippen molar-refractivity contribution in [1.82, 2.24) is 0 Å². The van der Waals surface area contributed by atoms with Gasteiger partial charge in [0.05, 0.1) is 0 Å². The summed E-state index contributed by atoms with van der Waals surface area (Å²) in [5.74, 6) is -0.667. The fraction of sp³-hybridized carbons (Fsp3) is 0.333. The van der Waals surface area contributed by atoms with Crippen LogP contribution in [0.5, 0.6) is 5.75 Å². The lowest BCUT2D eigenvalue weighted by Crippen LogP contribution is -2.37. The predicted octanol–water partition coefficient (Wildman–Crippen LogP) is 1.41. The second-order valence-corrected chi connectivity index (χ2v) is 4.91. The van der Waals surface area contributed by atoms with Gasteiger partial charge < -0.3 is 22.9 Å². The number of halogens is 4. The first-order chi connectivity index (χ1) is 8.47. The molecule has 0 radical (unpaired) electrons. The van der Waals surface area contributed by atoms with Gasteiger partial charge in [0.25, 0.3) is 0 Å². The maximum atomic E-state index is 12.8. The van der Waals surface area contributed by atoms with Crippen LogP contribution in [0.1, 0.15) is 16.7 Å². The van der Waals surface area contributed by atoms with Crippen molar-refractivity contribution >= 4 is 22.9 Å². The molecule has 0 amide bonds. The first-order valence-corrected chi connectivity index (χ1v) is 6.45.